The van der Waals surface area contributed by atoms with Gasteiger partial charge in [0.2, 0.25) is 5.88 Å². The van der Waals surface area contributed by atoms with Crippen molar-refractivity contribution < 1.29 is 8.91 Å². The molecule has 0 fully saturated rings. The van der Waals surface area contributed by atoms with Crippen LogP contribution in [0.5, 0.6) is 0 Å². The topological polar surface area (TPSA) is 52.0 Å². The summed E-state index contributed by atoms with van der Waals surface area (Å²) in [4.78, 5) is 0. The van der Waals surface area contributed by atoms with Crippen LogP contribution in [0.25, 0.3) is 22.4 Å². The van der Waals surface area contributed by atoms with Crippen molar-refractivity contribution in [3.63, 3.8) is 0 Å². The third-order valence-corrected chi connectivity index (χ3v) is 4.07. The molecule has 6 heteroatoms. The molecule has 3 rings (SSSR count). The van der Waals surface area contributed by atoms with Crippen LogP contribution in [0.15, 0.2) is 51.5 Å². The Bertz CT molecular complexity index is 799. The Morgan fingerprint density at radius 1 is 1.10 bits per heavy atom. The van der Waals surface area contributed by atoms with Crippen LogP contribution in [0.4, 0.5) is 10.3 Å². The lowest BCUT2D eigenvalue weighted by molar-refractivity contribution is 0.439. The van der Waals surface area contributed by atoms with Crippen LogP contribution in [0, 0.1) is 5.82 Å². The summed E-state index contributed by atoms with van der Waals surface area (Å²) in [5.41, 5.74) is 7.58. The highest BCUT2D eigenvalue weighted by atomic mass is 79.9. The lowest BCUT2D eigenvalue weighted by Gasteiger charge is -2.07. The first-order valence-electron chi connectivity index (χ1n) is 6.04. The van der Waals surface area contributed by atoms with Gasteiger partial charge in [0, 0.05) is 10.0 Å². The Morgan fingerprint density at radius 2 is 1.86 bits per heavy atom. The second-order valence-corrected chi connectivity index (χ2v) is 5.61. The SMILES string of the molecule is Nc1onc(-c2c(F)cccc2Cl)c1-c1ccccc1Br. The van der Waals surface area contributed by atoms with Crippen LogP contribution in [-0.4, -0.2) is 5.16 Å². The summed E-state index contributed by atoms with van der Waals surface area (Å²) in [5, 5.41) is 4.13. The van der Waals surface area contributed by atoms with Crippen molar-refractivity contribution in [1.82, 2.24) is 5.16 Å². The number of aromatic nitrogens is 1. The Kier molecular flexibility index (Phi) is 3.69. The van der Waals surface area contributed by atoms with Crippen molar-refractivity contribution in [3.05, 3.63) is 57.8 Å². The smallest absolute Gasteiger partial charge is 0.230 e. The van der Waals surface area contributed by atoms with Crippen molar-refractivity contribution in [2.24, 2.45) is 0 Å². The molecule has 21 heavy (non-hydrogen) atoms. The molecule has 0 spiro atoms. The Morgan fingerprint density at radius 3 is 2.57 bits per heavy atom. The molecular weight excluding hydrogens is 359 g/mol. The molecule has 3 nitrogen and oxygen atoms in total. The van der Waals surface area contributed by atoms with E-state index in [1.54, 1.807) is 6.07 Å². The minimum atomic E-state index is -0.482. The first-order valence-corrected chi connectivity index (χ1v) is 7.21. The average molecular weight is 368 g/mol. The standard InChI is InChI=1S/C15H9BrClFN2O/c16-9-5-2-1-4-8(9)12-14(20-21-15(12)19)13-10(17)6-3-7-11(13)18/h1-7H,19H2. The van der Waals surface area contributed by atoms with Gasteiger partial charge in [0.25, 0.3) is 0 Å². The van der Waals surface area contributed by atoms with Gasteiger partial charge in [0.15, 0.2) is 0 Å². The van der Waals surface area contributed by atoms with Gasteiger partial charge in [-0.15, -0.1) is 0 Å². The van der Waals surface area contributed by atoms with E-state index in [0.29, 0.717) is 5.56 Å². The van der Waals surface area contributed by atoms with Crippen LogP contribution >= 0.6 is 27.5 Å². The van der Waals surface area contributed by atoms with Crippen LogP contribution in [0.1, 0.15) is 0 Å². The number of anilines is 1. The highest BCUT2D eigenvalue weighted by Crippen LogP contribution is 2.42. The first kappa shape index (κ1) is 14.1. The summed E-state index contributed by atoms with van der Waals surface area (Å²) >= 11 is 9.54. The summed E-state index contributed by atoms with van der Waals surface area (Å²) in [6, 6.07) is 11.8. The average Bonchev–Trinajstić information content (AvgIpc) is 2.81. The first-order chi connectivity index (χ1) is 10.1. The van der Waals surface area contributed by atoms with Crippen LogP contribution < -0.4 is 5.73 Å². The maximum Gasteiger partial charge on any atom is 0.230 e. The molecule has 2 N–H and O–H groups in total. The molecule has 0 saturated heterocycles. The molecule has 0 saturated carbocycles. The van der Waals surface area contributed by atoms with Gasteiger partial charge in [-0.1, -0.05) is 57.0 Å². The van der Waals surface area contributed by atoms with Gasteiger partial charge in [0.1, 0.15) is 11.5 Å². The predicted molar refractivity (Wildman–Crippen MR) is 84.5 cm³/mol. The molecule has 106 valence electrons. The summed E-state index contributed by atoms with van der Waals surface area (Å²) in [5.74, 6) is -0.375. The lowest BCUT2D eigenvalue weighted by atomic mass is 10.0. The summed E-state index contributed by atoms with van der Waals surface area (Å²) in [6.07, 6.45) is 0. The van der Waals surface area contributed by atoms with Crippen molar-refractivity contribution >= 4 is 33.4 Å². The zero-order chi connectivity index (χ0) is 15.0. The fourth-order valence-corrected chi connectivity index (χ4v) is 2.86. The highest BCUT2D eigenvalue weighted by molar-refractivity contribution is 9.10. The third-order valence-electron chi connectivity index (χ3n) is 3.06. The molecule has 0 atom stereocenters. The number of nitrogens with zero attached hydrogens (tertiary/aromatic N) is 1. The fourth-order valence-electron chi connectivity index (χ4n) is 2.12. The highest BCUT2D eigenvalue weighted by Gasteiger charge is 2.23. The number of nitrogens with two attached hydrogens (primary N) is 1. The van der Waals surface area contributed by atoms with Gasteiger partial charge >= 0.3 is 0 Å². The monoisotopic (exact) mass is 366 g/mol. The summed E-state index contributed by atoms with van der Waals surface area (Å²) in [6.45, 7) is 0. The maximum atomic E-state index is 14.1. The van der Waals surface area contributed by atoms with Gasteiger partial charge in [-0.3, -0.25) is 0 Å². The molecule has 0 aliphatic carbocycles. The van der Waals surface area contributed by atoms with Crippen LogP contribution in [-0.2, 0) is 0 Å². The molecule has 1 heterocycles. The van der Waals surface area contributed by atoms with Gasteiger partial charge in [-0.25, -0.2) is 4.39 Å². The number of halogens is 3. The van der Waals surface area contributed by atoms with E-state index >= 15 is 0 Å². The van der Waals surface area contributed by atoms with E-state index in [9.17, 15) is 4.39 Å². The Hall–Kier alpha value is -1.85. The van der Waals surface area contributed by atoms with E-state index in [2.05, 4.69) is 21.1 Å². The zero-order valence-corrected chi connectivity index (χ0v) is 13.0. The third kappa shape index (κ3) is 2.43. The molecule has 0 amide bonds. The Labute approximate surface area is 133 Å². The van der Waals surface area contributed by atoms with E-state index in [1.807, 2.05) is 24.3 Å². The van der Waals surface area contributed by atoms with Gasteiger partial charge in [0.05, 0.1) is 16.1 Å². The molecule has 0 aliphatic heterocycles. The summed E-state index contributed by atoms with van der Waals surface area (Å²) in [7, 11) is 0. The minimum Gasteiger partial charge on any atom is -0.367 e. The number of benzene rings is 2. The number of nitrogen functional groups attached to an aromatic ring is 1. The number of rotatable bonds is 2. The molecule has 0 unspecified atom stereocenters. The molecular formula is C15H9BrClFN2O. The zero-order valence-electron chi connectivity index (χ0n) is 10.6. The summed E-state index contributed by atoms with van der Waals surface area (Å²) < 4.78 is 20.0. The predicted octanol–water partition coefficient (Wildman–Crippen LogP) is 5.15. The van der Waals surface area contributed by atoms with Crippen molar-refractivity contribution in [1.29, 1.82) is 0 Å². The van der Waals surface area contributed by atoms with Gasteiger partial charge in [-0.05, 0) is 18.2 Å². The van der Waals surface area contributed by atoms with E-state index in [0.717, 1.165) is 10.0 Å². The van der Waals surface area contributed by atoms with E-state index in [-0.39, 0.29) is 22.2 Å². The maximum absolute atomic E-state index is 14.1. The second-order valence-electron chi connectivity index (χ2n) is 4.35. The van der Waals surface area contributed by atoms with Crippen molar-refractivity contribution in [3.8, 4) is 22.4 Å². The van der Waals surface area contributed by atoms with E-state index in [1.165, 1.54) is 12.1 Å². The second kappa shape index (κ2) is 5.50. The molecule has 0 radical (unpaired) electrons. The molecule has 3 aromatic rings. The van der Waals surface area contributed by atoms with E-state index < -0.39 is 5.82 Å². The quantitative estimate of drug-likeness (QED) is 0.682. The van der Waals surface area contributed by atoms with Crippen molar-refractivity contribution in [2.45, 2.75) is 0 Å². The minimum absolute atomic E-state index is 0.108. The number of hydrogen-bond donors (Lipinski definition) is 1. The molecule has 1 aromatic heterocycles. The van der Waals surface area contributed by atoms with E-state index in [4.69, 9.17) is 21.9 Å². The Balaban J connectivity index is 2.31. The molecule has 0 aliphatic rings. The fraction of sp³-hybridized carbons (Fsp3) is 0. The number of hydrogen-bond acceptors (Lipinski definition) is 3. The van der Waals surface area contributed by atoms with Gasteiger partial charge in [-0.2, -0.15) is 0 Å². The largest absolute Gasteiger partial charge is 0.367 e. The normalized spacial score (nSPS) is 10.8. The molecule has 0 bridgehead atoms. The van der Waals surface area contributed by atoms with Crippen molar-refractivity contribution in [2.75, 3.05) is 5.73 Å². The lowest BCUT2D eigenvalue weighted by Crippen LogP contribution is -1.91. The van der Waals surface area contributed by atoms with Crippen LogP contribution in [0.2, 0.25) is 5.02 Å². The van der Waals surface area contributed by atoms with Crippen LogP contribution in [0.3, 0.4) is 0 Å². The van der Waals surface area contributed by atoms with Gasteiger partial charge < -0.3 is 10.3 Å². The molecule has 2 aromatic carbocycles.